The van der Waals surface area contributed by atoms with Crippen LogP contribution in [0.5, 0.6) is 0 Å². The Morgan fingerprint density at radius 2 is 0.608 bits per heavy atom. The normalized spacial score (nSPS) is 48.2. The summed E-state index contributed by atoms with van der Waals surface area (Å²) in [6, 6.07) is -9.13. The van der Waals surface area contributed by atoms with Gasteiger partial charge in [0.25, 0.3) is 0 Å². The predicted molar refractivity (Wildman–Crippen MR) is 326 cm³/mol. The van der Waals surface area contributed by atoms with E-state index in [4.69, 9.17) is 126 Å². The van der Waals surface area contributed by atoms with Crippen LogP contribution in [-0.4, -0.2) is 350 Å². The summed E-state index contributed by atoms with van der Waals surface area (Å²) < 4.78 is 76.5. The number of halogens is 1. The van der Waals surface area contributed by atoms with Crippen molar-refractivity contribution >= 4 is 12.4 Å². The van der Waals surface area contributed by atoms with Crippen molar-refractivity contribution in [2.24, 2.45) is 68.8 Å². The molecule has 0 amide bonds. The van der Waals surface area contributed by atoms with Crippen molar-refractivity contribution in [2.75, 3.05) is 26.2 Å². The van der Waals surface area contributed by atoms with Crippen molar-refractivity contribution in [1.82, 2.24) is 30.0 Å². The lowest BCUT2D eigenvalue weighted by Crippen LogP contribution is -2.68. The van der Waals surface area contributed by atoms with Gasteiger partial charge in [0.15, 0.2) is 37.7 Å². The number of aliphatic hydroxyl groups is 12. The summed E-state index contributed by atoms with van der Waals surface area (Å²) in [5.74, 6) is 0. The van der Waals surface area contributed by atoms with Crippen molar-refractivity contribution in [3.63, 3.8) is 0 Å². The molecule has 2 aromatic rings. The summed E-state index contributed by atoms with van der Waals surface area (Å²) >= 11 is 0. The molecule has 558 valence electrons. The van der Waals surface area contributed by atoms with E-state index in [1.54, 1.807) is 12.4 Å². The van der Waals surface area contributed by atoms with Crippen molar-refractivity contribution < 1.29 is 118 Å². The molecule has 0 spiro atoms. The van der Waals surface area contributed by atoms with Gasteiger partial charge >= 0.3 is 0 Å². The Hall–Kier alpha value is -2.87. The van der Waals surface area contributed by atoms with Gasteiger partial charge in [-0.2, -0.15) is 0 Å². The summed E-state index contributed by atoms with van der Waals surface area (Å²) in [6.45, 7) is -1.20. The van der Waals surface area contributed by atoms with Crippen LogP contribution in [0.25, 0.3) is 0 Å². The monoisotopic (exact) mass is 1420 g/mol. The second-order valence-corrected chi connectivity index (χ2v) is 26.2. The average molecular weight is 1420 g/mol. The first-order valence-electron chi connectivity index (χ1n) is 32.3. The molecular weight excluding hydrogens is 1320 g/mol. The second-order valence-electron chi connectivity index (χ2n) is 26.2. The highest BCUT2D eigenvalue weighted by Gasteiger charge is 2.58. The minimum absolute atomic E-state index is 0. The summed E-state index contributed by atoms with van der Waals surface area (Å²) in [5, 5.41) is 150. The van der Waals surface area contributed by atoms with E-state index in [-0.39, 0.29) is 64.5 Å². The van der Waals surface area contributed by atoms with Gasteiger partial charge in [-0.25, -0.2) is 9.36 Å². The molecule has 2 aromatic heterocycles. The molecule has 0 unspecified atom stereocenters. The smallest absolute Gasteiger partial charge is 0.187 e. The zero-order chi connectivity index (χ0) is 69.5. The van der Waals surface area contributed by atoms with Crippen LogP contribution in [0.15, 0.2) is 12.4 Å². The largest absolute Gasteiger partial charge is 0.389 e. The number of nitrogens with zero attached hydrogens (tertiary/aromatic N) is 6. The number of aliphatic hydroxyl groups excluding tert-OH is 12. The molecule has 97 heavy (non-hydrogen) atoms. The van der Waals surface area contributed by atoms with Crippen LogP contribution >= 0.6 is 12.4 Å². The Morgan fingerprint density at radius 3 is 0.897 bits per heavy atom. The summed E-state index contributed by atoms with van der Waals surface area (Å²) in [5.41, 5.74) is 75.2. The predicted octanol–water partition coefficient (Wildman–Crippen LogP) is -15.9. The number of hydrogen-bond acceptors (Lipinski definition) is 40. The summed E-state index contributed by atoms with van der Waals surface area (Å²) in [6.07, 6.45) is -37.1. The molecule has 0 aromatic carbocycles. The molecule has 6 saturated heterocycles. The van der Waals surface area contributed by atoms with Gasteiger partial charge in [-0.15, -0.1) is 22.6 Å². The highest BCUT2D eigenvalue weighted by molar-refractivity contribution is 5.85. The van der Waals surface area contributed by atoms with E-state index in [0.717, 1.165) is 0 Å². The summed E-state index contributed by atoms with van der Waals surface area (Å²) in [7, 11) is 0. The van der Waals surface area contributed by atoms with E-state index >= 15 is 0 Å². The highest BCUT2D eigenvalue weighted by Crippen LogP contribution is 2.38. The Labute approximate surface area is 561 Å². The standard InChI is InChI=1S/C54H100N18O24.ClH/c55-7-21-33(75)37(79)27(63)49(85-21)91-43-19(61)5-17(59)31(73)47(43)95-53-41(83)45(93-51-29(65)39(81)35(77)23(9-57)87-51)25(89-53)13-71-11-15(67-69-71)3-1-2-4-16-12-72(70-68-16)14-26-46(94-52-30(66)40(82)36(78)24(10-58)88-52)42(84)54(90-26)96-48-32(74)18(60)6-20(62)44(48)92-50-28(64)38(80)34(76)22(8-56)86-50;/h11-12,17-54,73-84H,1-10,13-14,55-66H2;1H/t17-,18-,19+,20+,21-,22-,23+,24+,25-,26-,27-,28-,29-,30-,31+,32+,33-,34-,35-,36-,37-,38-,39-,40-,41-,42-,43-,44-,45-,46-,47-,48-,49-,50-,51-,52-,53+,54+;/m1./s1. The zero-order valence-corrected chi connectivity index (χ0v) is 53.7. The van der Waals surface area contributed by atoms with Gasteiger partial charge in [-0.3, -0.25) is 0 Å². The van der Waals surface area contributed by atoms with Crippen LogP contribution in [0, 0.1) is 0 Å². The van der Waals surface area contributed by atoms with Gasteiger partial charge < -0.3 is 187 Å². The lowest BCUT2D eigenvalue weighted by molar-refractivity contribution is -0.306. The number of unbranched alkanes of at least 4 members (excludes halogenated alkanes) is 1. The number of aryl methyl sites for hydroxylation is 2. The summed E-state index contributed by atoms with van der Waals surface area (Å²) in [4.78, 5) is 0. The zero-order valence-electron chi connectivity index (χ0n) is 52.9. The molecule has 2 aliphatic carbocycles. The first kappa shape index (κ1) is 78.3. The van der Waals surface area contributed by atoms with E-state index in [1.165, 1.54) is 9.36 Å². The molecule has 42 nitrogen and oxygen atoms in total. The lowest BCUT2D eigenvalue weighted by atomic mass is 9.84. The molecule has 43 heteroatoms. The van der Waals surface area contributed by atoms with E-state index in [1.807, 2.05) is 0 Å². The van der Waals surface area contributed by atoms with Gasteiger partial charge in [0, 0.05) is 62.7 Å². The van der Waals surface area contributed by atoms with Gasteiger partial charge in [-0.05, 0) is 38.5 Å². The number of rotatable bonds is 25. The third kappa shape index (κ3) is 16.9. The van der Waals surface area contributed by atoms with Crippen LogP contribution in [0.2, 0.25) is 0 Å². The highest BCUT2D eigenvalue weighted by atomic mass is 35.5. The lowest BCUT2D eigenvalue weighted by Gasteiger charge is -2.47. The Morgan fingerprint density at radius 1 is 0.340 bits per heavy atom. The maximum absolute atomic E-state index is 12.0. The molecule has 8 aliphatic rings. The van der Waals surface area contributed by atoms with Crippen molar-refractivity contribution in [2.45, 2.75) is 284 Å². The second kappa shape index (κ2) is 33.7. The van der Waals surface area contributed by atoms with Gasteiger partial charge in [0.2, 0.25) is 0 Å². The fourth-order valence-electron chi connectivity index (χ4n) is 13.6. The molecule has 6 aliphatic heterocycles. The van der Waals surface area contributed by atoms with E-state index in [2.05, 4.69) is 20.6 Å². The van der Waals surface area contributed by atoms with Gasteiger partial charge in [0.1, 0.15) is 134 Å². The fourth-order valence-corrected chi connectivity index (χ4v) is 13.6. The molecule has 0 radical (unpaired) electrons. The van der Waals surface area contributed by atoms with Crippen LogP contribution in [-0.2, 0) is 82.8 Å². The molecule has 38 atom stereocenters. The van der Waals surface area contributed by atoms with Gasteiger partial charge in [-0.1, -0.05) is 10.4 Å². The van der Waals surface area contributed by atoms with Crippen molar-refractivity contribution in [3.8, 4) is 0 Å². The average Bonchev–Trinajstić information content (AvgIpc) is 1.77. The van der Waals surface area contributed by atoms with Crippen LogP contribution in [0.4, 0.5) is 0 Å². The molecule has 36 N–H and O–H groups in total. The Bertz CT molecular complexity index is 2560. The SMILES string of the molecule is Cl.NC[C@@H]1O[C@H](O[C@H]2[C@@H](O)[C@H](O[C@@H]3[C@@H](O)[C@H](N)C[C@H](N)[C@H]3O[C@H]3O[C@H](CN)[C@@H](O)[C@H](O)[C@H]3N)O[C@@H]2Cn2cc(CCCCc3cn(C[C@H]4O[C@@H](O[C@@H]5[C@@H](O)[C@H](N)C[C@H](N)[C@H]5O[C@H]5O[C@H](CN)[C@@H](O)[C@H](O)[C@H]5N)[C@H](O)[C@@H]4O[C@H]4O[C@@H](CN)[C@@H](O)[C@H](O)[C@H]4N)nn3)nn2)[C@H](N)[C@@H](O)[C@@H]1O. The van der Waals surface area contributed by atoms with E-state index in [9.17, 15) is 61.3 Å². The van der Waals surface area contributed by atoms with Crippen molar-refractivity contribution in [1.29, 1.82) is 0 Å². The Balaban J connectivity index is 0.0000110. The molecule has 10 rings (SSSR count). The van der Waals surface area contributed by atoms with Crippen LogP contribution < -0.4 is 68.8 Å². The third-order valence-electron chi connectivity index (χ3n) is 19.4. The number of ether oxygens (including phenoxy) is 12. The topological polar surface area (TPSA) is 727 Å². The number of aromatic nitrogens is 6. The number of nitrogens with two attached hydrogens (primary N) is 12. The minimum atomic E-state index is -1.70. The number of hydrogen-bond donors (Lipinski definition) is 24. The van der Waals surface area contributed by atoms with Crippen LogP contribution in [0.1, 0.15) is 37.1 Å². The maximum Gasteiger partial charge on any atom is 0.187 e. The van der Waals surface area contributed by atoms with E-state index < -0.39 is 233 Å². The molecular formula is C54H101ClN18O24. The van der Waals surface area contributed by atoms with E-state index in [0.29, 0.717) is 37.1 Å². The fraction of sp³-hybridized carbons (Fsp3) is 0.926. The molecule has 8 heterocycles. The molecule has 8 fully saturated rings. The van der Waals surface area contributed by atoms with Gasteiger partial charge in [0.05, 0.1) is 60.9 Å². The first-order chi connectivity index (χ1) is 45.7. The van der Waals surface area contributed by atoms with Crippen molar-refractivity contribution in [3.05, 3.63) is 23.8 Å². The maximum atomic E-state index is 12.0. The minimum Gasteiger partial charge on any atom is -0.389 e. The molecule has 2 saturated carbocycles. The quantitative estimate of drug-likeness (QED) is 0.0411. The first-order valence-corrected chi connectivity index (χ1v) is 32.3. The molecule has 0 bridgehead atoms. The third-order valence-corrected chi connectivity index (χ3v) is 19.4. The van der Waals surface area contributed by atoms with Crippen LogP contribution in [0.3, 0.4) is 0 Å². The Kier molecular flexibility index (Phi) is 27.2.